The fraction of sp³-hybridized carbons (Fsp3) is 0.708. The molecule has 2 aliphatic carbocycles. The molecule has 3 aliphatic rings. The Balaban J connectivity index is 1.51. The van der Waals surface area contributed by atoms with Crippen LogP contribution in [0.4, 0.5) is 0 Å². The minimum absolute atomic E-state index is 0.0130. The van der Waals surface area contributed by atoms with Crippen LogP contribution in [0.5, 0.6) is 0 Å². The molecule has 6 heteroatoms. The molecule has 0 aromatic heterocycles. The summed E-state index contributed by atoms with van der Waals surface area (Å²) < 4.78 is 28.9. The summed E-state index contributed by atoms with van der Waals surface area (Å²) in [4.78, 5) is 15.3. The van der Waals surface area contributed by atoms with Crippen LogP contribution in [-0.2, 0) is 14.8 Å². The molecule has 2 saturated carbocycles. The number of fused-ring (bicyclic) bond motifs is 2. The quantitative estimate of drug-likeness (QED) is 0.656. The number of sulfonamides is 1. The fourth-order valence-corrected chi connectivity index (χ4v) is 8.97. The van der Waals surface area contributed by atoms with Gasteiger partial charge in [-0.2, -0.15) is 4.31 Å². The first-order chi connectivity index (χ1) is 14.1. The standard InChI is InChI=1S/C24H36N2O3S/c1-5-26(21-12-14-25(16-21)18(2)19-9-7-6-8-10-19)30(28,29)17-24-13-11-20(15-22(24)27)23(24,3)4/h6-10,18,20-21H,5,11-17H2,1-4H3. The van der Waals surface area contributed by atoms with Crippen LogP contribution in [0.2, 0.25) is 0 Å². The van der Waals surface area contributed by atoms with Crippen molar-refractivity contribution in [2.24, 2.45) is 16.7 Å². The molecule has 1 aliphatic heterocycles. The number of hydrogen-bond donors (Lipinski definition) is 0. The molecule has 0 N–H and O–H groups in total. The minimum Gasteiger partial charge on any atom is -0.299 e. The predicted octanol–water partition coefficient (Wildman–Crippen LogP) is 3.87. The van der Waals surface area contributed by atoms with Crippen LogP contribution in [0.25, 0.3) is 0 Å². The van der Waals surface area contributed by atoms with Crippen LogP contribution in [0.15, 0.2) is 30.3 Å². The molecule has 4 unspecified atom stereocenters. The van der Waals surface area contributed by atoms with Crippen LogP contribution < -0.4 is 0 Å². The highest BCUT2D eigenvalue weighted by Gasteiger charge is 2.65. The van der Waals surface area contributed by atoms with Crippen molar-refractivity contribution in [3.05, 3.63) is 35.9 Å². The molecule has 4 atom stereocenters. The van der Waals surface area contributed by atoms with Gasteiger partial charge < -0.3 is 0 Å². The van der Waals surface area contributed by atoms with Crippen molar-refractivity contribution in [3.8, 4) is 0 Å². The number of hydrogen-bond acceptors (Lipinski definition) is 4. The second-order valence-corrected chi connectivity index (χ2v) is 12.1. The van der Waals surface area contributed by atoms with Gasteiger partial charge in [-0.05, 0) is 43.1 Å². The maximum atomic E-state index is 13.6. The lowest BCUT2D eigenvalue weighted by Gasteiger charge is -2.38. The van der Waals surface area contributed by atoms with Gasteiger partial charge in [0.15, 0.2) is 0 Å². The van der Waals surface area contributed by atoms with E-state index in [2.05, 4.69) is 49.9 Å². The minimum atomic E-state index is -3.52. The Hall–Kier alpha value is -1.24. The predicted molar refractivity (Wildman–Crippen MR) is 120 cm³/mol. The Bertz CT molecular complexity index is 898. The number of benzene rings is 1. The van der Waals surface area contributed by atoms with Crippen LogP contribution in [0.1, 0.15) is 65.0 Å². The van der Waals surface area contributed by atoms with Crippen LogP contribution in [-0.4, -0.2) is 54.8 Å². The average molecular weight is 433 g/mol. The Kier molecular flexibility index (Phi) is 5.65. The maximum absolute atomic E-state index is 13.6. The number of carbonyl (C=O) groups is 1. The third-order valence-corrected chi connectivity index (χ3v) is 10.8. The summed E-state index contributed by atoms with van der Waals surface area (Å²) in [5.41, 5.74) is 0.345. The average Bonchev–Trinajstić information content (AvgIpc) is 3.32. The molecule has 1 saturated heterocycles. The number of nitrogens with zero attached hydrogens (tertiary/aromatic N) is 2. The van der Waals surface area contributed by atoms with Crippen LogP contribution >= 0.6 is 0 Å². The van der Waals surface area contributed by atoms with Gasteiger partial charge in [0.05, 0.1) is 5.75 Å². The molecule has 0 amide bonds. The molecule has 30 heavy (non-hydrogen) atoms. The zero-order valence-corrected chi connectivity index (χ0v) is 19.6. The van der Waals surface area contributed by atoms with Crippen molar-refractivity contribution in [3.63, 3.8) is 0 Å². The van der Waals surface area contributed by atoms with E-state index in [9.17, 15) is 13.2 Å². The topological polar surface area (TPSA) is 57.7 Å². The van der Waals surface area contributed by atoms with E-state index in [0.29, 0.717) is 18.9 Å². The first kappa shape index (κ1) is 22.0. The van der Waals surface area contributed by atoms with Crippen molar-refractivity contribution in [1.82, 2.24) is 9.21 Å². The Morgan fingerprint density at radius 1 is 1.20 bits per heavy atom. The second-order valence-electron chi connectivity index (χ2n) is 10.2. The highest BCUT2D eigenvalue weighted by Crippen LogP contribution is 2.64. The van der Waals surface area contributed by atoms with Crippen molar-refractivity contribution >= 4 is 15.8 Å². The number of carbonyl (C=O) groups excluding carboxylic acids is 1. The van der Waals surface area contributed by atoms with Crippen LogP contribution in [0.3, 0.4) is 0 Å². The van der Waals surface area contributed by atoms with Crippen molar-refractivity contribution in [2.75, 3.05) is 25.4 Å². The van der Waals surface area contributed by atoms with Gasteiger partial charge in [0.1, 0.15) is 5.78 Å². The van der Waals surface area contributed by atoms with E-state index in [1.807, 2.05) is 13.0 Å². The summed E-state index contributed by atoms with van der Waals surface area (Å²) >= 11 is 0. The Morgan fingerprint density at radius 3 is 2.47 bits per heavy atom. The van der Waals surface area contributed by atoms with Gasteiger partial charge >= 0.3 is 0 Å². The van der Waals surface area contributed by atoms with Crippen LogP contribution in [0, 0.1) is 16.7 Å². The monoisotopic (exact) mass is 432 g/mol. The largest absolute Gasteiger partial charge is 0.299 e. The van der Waals surface area contributed by atoms with E-state index in [1.54, 1.807) is 4.31 Å². The lowest BCUT2D eigenvalue weighted by molar-refractivity contribution is -0.128. The molecule has 5 nitrogen and oxygen atoms in total. The maximum Gasteiger partial charge on any atom is 0.215 e. The summed E-state index contributed by atoms with van der Waals surface area (Å²) in [5, 5.41) is 0. The molecule has 2 bridgehead atoms. The van der Waals surface area contributed by atoms with E-state index >= 15 is 0 Å². The van der Waals surface area contributed by atoms with Gasteiger partial charge in [-0.1, -0.05) is 51.1 Å². The molecular formula is C24H36N2O3S. The summed E-state index contributed by atoms with van der Waals surface area (Å²) in [5.74, 6) is 0.499. The first-order valence-electron chi connectivity index (χ1n) is 11.4. The van der Waals surface area contributed by atoms with E-state index < -0.39 is 15.4 Å². The highest BCUT2D eigenvalue weighted by molar-refractivity contribution is 7.89. The molecule has 0 spiro atoms. The van der Waals surface area contributed by atoms with Crippen molar-refractivity contribution in [2.45, 2.75) is 65.5 Å². The van der Waals surface area contributed by atoms with Gasteiger partial charge in [-0.15, -0.1) is 0 Å². The Labute approximate surface area is 181 Å². The molecule has 0 radical (unpaired) electrons. The first-order valence-corrected chi connectivity index (χ1v) is 13.0. The third-order valence-electron chi connectivity index (χ3n) is 8.67. The second kappa shape index (κ2) is 7.72. The van der Waals surface area contributed by atoms with Crippen molar-refractivity contribution in [1.29, 1.82) is 0 Å². The fourth-order valence-electron chi connectivity index (χ4n) is 6.48. The normalized spacial score (nSPS) is 32.2. The summed E-state index contributed by atoms with van der Waals surface area (Å²) in [6, 6.07) is 10.6. The SMILES string of the molecule is CCN(C1CCN(C(C)c2ccccc2)C1)S(=O)(=O)CC12CCC(CC1=O)C2(C)C. The van der Waals surface area contributed by atoms with E-state index in [0.717, 1.165) is 32.4 Å². The van der Waals surface area contributed by atoms with Gasteiger partial charge in [0.25, 0.3) is 0 Å². The number of likely N-dealkylation sites (N-methyl/N-ethyl adjacent to an activating group) is 1. The lowest BCUT2D eigenvalue weighted by atomic mass is 9.70. The zero-order valence-electron chi connectivity index (χ0n) is 18.8. The Morgan fingerprint density at radius 2 is 1.90 bits per heavy atom. The lowest BCUT2D eigenvalue weighted by Crippen LogP contribution is -2.50. The third kappa shape index (κ3) is 3.35. The molecule has 1 aromatic carbocycles. The van der Waals surface area contributed by atoms with Crippen molar-refractivity contribution < 1.29 is 13.2 Å². The molecular weight excluding hydrogens is 396 g/mol. The number of likely N-dealkylation sites (tertiary alicyclic amines) is 1. The number of Topliss-reactive ketones (excluding diaryl/α,β-unsaturated/α-hetero) is 1. The number of rotatable bonds is 7. The van der Waals surface area contributed by atoms with Gasteiger partial charge in [-0.25, -0.2) is 8.42 Å². The summed E-state index contributed by atoms with van der Waals surface area (Å²) in [7, 11) is -3.52. The summed E-state index contributed by atoms with van der Waals surface area (Å²) in [6.45, 7) is 10.5. The van der Waals surface area contributed by atoms with Gasteiger partial charge in [-0.3, -0.25) is 9.69 Å². The van der Waals surface area contributed by atoms with Gasteiger partial charge in [0.2, 0.25) is 10.0 Å². The van der Waals surface area contributed by atoms with Gasteiger partial charge in [0, 0.05) is 43.6 Å². The summed E-state index contributed by atoms with van der Waals surface area (Å²) in [6.07, 6.45) is 3.10. The molecule has 1 aromatic rings. The van der Waals surface area contributed by atoms with E-state index in [1.165, 1.54) is 5.56 Å². The molecule has 1 heterocycles. The molecule has 3 fully saturated rings. The smallest absolute Gasteiger partial charge is 0.215 e. The number of ketones is 1. The molecule has 4 rings (SSSR count). The van der Waals surface area contributed by atoms with E-state index in [-0.39, 0.29) is 29.0 Å². The van der Waals surface area contributed by atoms with E-state index in [4.69, 9.17) is 0 Å². The zero-order chi connectivity index (χ0) is 21.7. The highest BCUT2D eigenvalue weighted by atomic mass is 32.2. The molecule has 166 valence electrons.